The zero-order valence-corrected chi connectivity index (χ0v) is 16.6. The van der Waals surface area contributed by atoms with Gasteiger partial charge in [0.25, 0.3) is 0 Å². The second kappa shape index (κ2) is 7.16. The average Bonchev–Trinajstić information content (AvgIpc) is 2.75. The Morgan fingerprint density at radius 3 is 2.78 bits per heavy atom. The van der Waals surface area contributed by atoms with E-state index in [-0.39, 0.29) is 40.9 Å². The molecule has 2 N–H and O–H groups in total. The molecule has 2 heterocycles. The monoisotopic (exact) mass is 434 g/mol. The topological polar surface area (TPSA) is 67.2 Å². The molecule has 0 atom stereocenters. The number of fused-ring (bicyclic) bond motifs is 1. The number of halogens is 2. The normalized spacial score (nSPS) is 10.4. The Labute approximate surface area is 167 Å². The third-order valence-electron chi connectivity index (χ3n) is 3.39. The molecule has 1 aromatic carbocycles. The summed E-state index contributed by atoms with van der Waals surface area (Å²) < 4.78 is 16.3. The summed E-state index contributed by atoms with van der Waals surface area (Å²) in [5.41, 5.74) is 1.32. The van der Waals surface area contributed by atoms with E-state index in [4.69, 9.17) is 0 Å². The third kappa shape index (κ3) is 3.37. The summed E-state index contributed by atoms with van der Waals surface area (Å²) in [4.78, 5) is 15.6. The molecule has 0 bridgehead atoms. The maximum absolute atomic E-state index is 14.0. The predicted octanol–water partition coefficient (Wildman–Crippen LogP) is 3.38. The first kappa shape index (κ1) is 18.2. The minimum Gasteiger partial charge on any atom is -0.477 e. The number of pyridine rings is 1. The van der Waals surface area contributed by atoms with Crippen LogP contribution in [0.15, 0.2) is 36.7 Å². The zero-order chi connectivity index (χ0) is 15.9. The van der Waals surface area contributed by atoms with Crippen molar-refractivity contribution in [2.45, 2.75) is 0 Å². The number of rotatable bonds is 3. The van der Waals surface area contributed by atoms with E-state index >= 15 is 0 Å². The molecule has 0 unspecified atom stereocenters. The number of carboxylic acids is 1. The van der Waals surface area contributed by atoms with Crippen molar-refractivity contribution < 1.29 is 14.3 Å². The Hall–Kier alpha value is -1.16. The fourth-order valence-electron chi connectivity index (χ4n) is 2.39. The molecule has 0 saturated carbocycles. The van der Waals surface area contributed by atoms with E-state index in [9.17, 15) is 14.3 Å². The summed E-state index contributed by atoms with van der Waals surface area (Å²) in [7, 11) is 1.65. The molecule has 8 heteroatoms. The van der Waals surface area contributed by atoms with Crippen LogP contribution in [-0.4, -0.2) is 50.2 Å². The molecule has 0 spiro atoms. The van der Waals surface area contributed by atoms with Crippen molar-refractivity contribution in [3.8, 4) is 0 Å². The summed E-state index contributed by atoms with van der Waals surface area (Å²) in [5.74, 6) is -1.53. The van der Waals surface area contributed by atoms with Crippen molar-refractivity contribution in [3.63, 3.8) is 0 Å². The predicted molar refractivity (Wildman–Crippen MR) is 95.8 cm³/mol. The summed E-state index contributed by atoms with van der Waals surface area (Å²) in [6, 6.07) is 6.43. The van der Waals surface area contributed by atoms with E-state index in [2.05, 4.69) is 10.3 Å². The Balaban J connectivity index is 0.00000192. The first-order chi connectivity index (χ1) is 10.5. The fraction of sp³-hybridized carbons (Fsp3) is 0.0667. The molecule has 0 aliphatic heterocycles. The molecule has 0 aliphatic carbocycles. The summed E-state index contributed by atoms with van der Waals surface area (Å²) in [6.45, 7) is 0. The van der Waals surface area contributed by atoms with Crippen LogP contribution < -0.4 is 5.32 Å². The van der Waals surface area contributed by atoms with Gasteiger partial charge in [-0.1, -0.05) is 0 Å². The SMILES string of the molecule is Cn1c(C(=O)O)c(Nc2ccc(I)cc2F)c2cnccc21.[Na]. The van der Waals surface area contributed by atoms with E-state index < -0.39 is 11.8 Å². The number of anilines is 2. The van der Waals surface area contributed by atoms with E-state index in [1.165, 1.54) is 6.07 Å². The van der Waals surface area contributed by atoms with Gasteiger partial charge in [0, 0.05) is 58.0 Å². The van der Waals surface area contributed by atoms with Gasteiger partial charge in [0.1, 0.15) is 5.82 Å². The van der Waals surface area contributed by atoms with E-state index in [0.29, 0.717) is 16.6 Å². The standard InChI is InChI=1S/C15H11FIN3O2.Na/c1-20-12-4-5-18-7-9(12)13(14(20)15(21)22)19-11-3-2-8(17)6-10(11)16;/h2-7,19H,1H3,(H,21,22);. The summed E-state index contributed by atoms with van der Waals surface area (Å²) >= 11 is 2.01. The Morgan fingerprint density at radius 1 is 1.39 bits per heavy atom. The van der Waals surface area contributed by atoms with Crippen molar-refractivity contribution >= 4 is 80.4 Å². The largest absolute Gasteiger partial charge is 0.477 e. The number of aromatic carboxylic acids is 1. The molecule has 3 aromatic rings. The van der Waals surface area contributed by atoms with Gasteiger partial charge in [0.05, 0.1) is 16.9 Å². The number of aromatic nitrogens is 2. The van der Waals surface area contributed by atoms with E-state index in [0.717, 1.165) is 3.57 Å². The van der Waals surface area contributed by atoms with Crippen molar-refractivity contribution in [3.05, 3.63) is 51.7 Å². The van der Waals surface area contributed by atoms with Crippen LogP contribution >= 0.6 is 22.6 Å². The summed E-state index contributed by atoms with van der Waals surface area (Å²) in [5, 5.41) is 13.0. The zero-order valence-electron chi connectivity index (χ0n) is 12.5. The molecule has 5 nitrogen and oxygen atoms in total. The molecule has 1 radical (unpaired) electrons. The minimum atomic E-state index is -1.09. The number of hydrogen-bond donors (Lipinski definition) is 2. The van der Waals surface area contributed by atoms with Gasteiger partial charge in [-0.2, -0.15) is 0 Å². The van der Waals surface area contributed by atoms with Crippen molar-refractivity contribution in [2.24, 2.45) is 7.05 Å². The van der Waals surface area contributed by atoms with E-state index in [1.54, 1.807) is 42.2 Å². The molecule has 0 aliphatic rings. The van der Waals surface area contributed by atoms with Crippen LogP contribution in [0.25, 0.3) is 10.9 Å². The molecular weight excluding hydrogens is 423 g/mol. The second-order valence-electron chi connectivity index (χ2n) is 4.73. The number of hydrogen-bond acceptors (Lipinski definition) is 3. The van der Waals surface area contributed by atoms with Crippen LogP contribution in [0.1, 0.15) is 10.5 Å². The van der Waals surface area contributed by atoms with Gasteiger partial charge >= 0.3 is 5.97 Å². The van der Waals surface area contributed by atoms with Crippen LogP contribution in [0.3, 0.4) is 0 Å². The fourth-order valence-corrected chi connectivity index (χ4v) is 2.84. The van der Waals surface area contributed by atoms with Crippen LogP contribution in [0.5, 0.6) is 0 Å². The van der Waals surface area contributed by atoms with Crippen LogP contribution in [-0.2, 0) is 7.05 Å². The van der Waals surface area contributed by atoms with Crippen molar-refractivity contribution in [2.75, 3.05) is 5.32 Å². The molecule has 23 heavy (non-hydrogen) atoms. The van der Waals surface area contributed by atoms with Crippen LogP contribution in [0, 0.1) is 9.39 Å². The number of nitrogens with one attached hydrogen (secondary N) is 1. The maximum Gasteiger partial charge on any atom is 0.354 e. The molecule has 0 saturated heterocycles. The molecule has 113 valence electrons. The third-order valence-corrected chi connectivity index (χ3v) is 4.07. The van der Waals surface area contributed by atoms with Gasteiger partial charge in [-0.05, 0) is 46.9 Å². The number of benzene rings is 1. The molecule has 2 aromatic heterocycles. The Bertz CT molecular complexity index is 898. The average molecular weight is 434 g/mol. The Kier molecular flexibility index (Phi) is 5.66. The van der Waals surface area contributed by atoms with Gasteiger partial charge < -0.3 is 15.0 Å². The van der Waals surface area contributed by atoms with Gasteiger partial charge in [0.2, 0.25) is 0 Å². The molecule has 3 rings (SSSR count). The first-order valence-corrected chi connectivity index (χ1v) is 7.44. The number of carbonyl (C=O) groups is 1. The number of aryl methyl sites for hydroxylation is 1. The molecule has 0 amide bonds. The van der Waals surface area contributed by atoms with Crippen LogP contribution in [0.2, 0.25) is 0 Å². The van der Waals surface area contributed by atoms with Gasteiger partial charge in [-0.3, -0.25) is 4.98 Å². The van der Waals surface area contributed by atoms with Gasteiger partial charge in [-0.15, -0.1) is 0 Å². The summed E-state index contributed by atoms with van der Waals surface area (Å²) in [6.07, 6.45) is 3.15. The molecule has 0 fully saturated rings. The molecular formula is C15H11FIN3NaO2. The minimum absolute atomic E-state index is 0. The Morgan fingerprint density at radius 2 is 2.13 bits per heavy atom. The van der Waals surface area contributed by atoms with Crippen LogP contribution in [0.4, 0.5) is 15.8 Å². The number of carboxylic acid groups (broad SMARTS) is 1. The van der Waals surface area contributed by atoms with Crippen molar-refractivity contribution in [1.29, 1.82) is 0 Å². The quantitative estimate of drug-likeness (QED) is 0.490. The second-order valence-corrected chi connectivity index (χ2v) is 5.98. The van der Waals surface area contributed by atoms with Gasteiger partial charge in [0.15, 0.2) is 5.69 Å². The van der Waals surface area contributed by atoms with E-state index in [1.807, 2.05) is 22.6 Å². The smallest absolute Gasteiger partial charge is 0.354 e. The van der Waals surface area contributed by atoms with Crippen molar-refractivity contribution in [1.82, 2.24) is 9.55 Å². The maximum atomic E-state index is 14.0. The van der Waals surface area contributed by atoms with Gasteiger partial charge in [-0.25, -0.2) is 9.18 Å². The number of nitrogens with zero attached hydrogens (tertiary/aromatic N) is 2. The first-order valence-electron chi connectivity index (χ1n) is 6.37.